The van der Waals surface area contributed by atoms with Crippen molar-refractivity contribution in [3.05, 3.63) is 64.5 Å². The van der Waals surface area contributed by atoms with Gasteiger partial charge in [-0.1, -0.05) is 30.3 Å². The topological polar surface area (TPSA) is 32.3 Å². The van der Waals surface area contributed by atoms with Gasteiger partial charge in [0.25, 0.3) is 0 Å². The molecular weight excluding hydrogens is 278 g/mol. The fourth-order valence-corrected chi connectivity index (χ4v) is 3.89. The fourth-order valence-electron chi connectivity index (χ4n) is 2.68. The van der Waals surface area contributed by atoms with Crippen molar-refractivity contribution in [2.24, 2.45) is 0 Å². The Labute approximate surface area is 129 Å². The van der Waals surface area contributed by atoms with Gasteiger partial charge in [-0.2, -0.15) is 0 Å². The molecule has 0 saturated carbocycles. The SMILES string of the molecule is Cc1c(C(C)Nc2cccc(CO)c2)sc2ccccc12. The number of aliphatic hydroxyl groups excluding tert-OH is 1. The number of anilines is 1. The highest BCUT2D eigenvalue weighted by molar-refractivity contribution is 7.19. The van der Waals surface area contributed by atoms with Crippen molar-refractivity contribution in [3.8, 4) is 0 Å². The highest BCUT2D eigenvalue weighted by atomic mass is 32.1. The molecule has 2 N–H and O–H groups in total. The molecule has 21 heavy (non-hydrogen) atoms. The number of aryl methyl sites for hydroxylation is 1. The number of nitrogens with one attached hydrogen (secondary N) is 1. The van der Waals surface area contributed by atoms with Gasteiger partial charge in [-0.25, -0.2) is 0 Å². The number of thiophene rings is 1. The van der Waals surface area contributed by atoms with E-state index in [-0.39, 0.29) is 12.6 Å². The summed E-state index contributed by atoms with van der Waals surface area (Å²) in [6.07, 6.45) is 0. The molecule has 1 aromatic heterocycles. The maximum Gasteiger partial charge on any atom is 0.0682 e. The summed E-state index contributed by atoms with van der Waals surface area (Å²) < 4.78 is 1.34. The number of aliphatic hydroxyl groups is 1. The third-order valence-corrected chi connectivity index (χ3v) is 5.22. The van der Waals surface area contributed by atoms with Gasteiger partial charge in [-0.05, 0) is 48.6 Å². The van der Waals surface area contributed by atoms with Crippen LogP contribution in [0.5, 0.6) is 0 Å². The van der Waals surface area contributed by atoms with Crippen LogP contribution in [0.3, 0.4) is 0 Å². The molecule has 3 aromatic rings. The van der Waals surface area contributed by atoms with Crippen LogP contribution < -0.4 is 5.32 Å². The van der Waals surface area contributed by atoms with Crippen LogP contribution in [0.15, 0.2) is 48.5 Å². The molecule has 2 nitrogen and oxygen atoms in total. The highest BCUT2D eigenvalue weighted by Gasteiger charge is 2.14. The van der Waals surface area contributed by atoms with E-state index in [4.69, 9.17) is 0 Å². The molecule has 0 fully saturated rings. The maximum absolute atomic E-state index is 9.23. The second-order valence-electron chi connectivity index (χ2n) is 5.31. The zero-order valence-electron chi connectivity index (χ0n) is 12.3. The summed E-state index contributed by atoms with van der Waals surface area (Å²) >= 11 is 1.85. The number of rotatable bonds is 4. The lowest BCUT2D eigenvalue weighted by molar-refractivity contribution is 0.282. The molecule has 0 amide bonds. The Hall–Kier alpha value is -1.84. The van der Waals surface area contributed by atoms with Crippen molar-refractivity contribution in [2.75, 3.05) is 5.32 Å². The van der Waals surface area contributed by atoms with Crippen LogP contribution in [0.2, 0.25) is 0 Å². The molecule has 1 unspecified atom stereocenters. The van der Waals surface area contributed by atoms with Crippen molar-refractivity contribution < 1.29 is 5.11 Å². The summed E-state index contributed by atoms with van der Waals surface area (Å²) in [4.78, 5) is 1.37. The third-order valence-electron chi connectivity index (χ3n) is 3.77. The molecular formula is C18H19NOS. The van der Waals surface area contributed by atoms with E-state index in [1.807, 2.05) is 35.6 Å². The summed E-state index contributed by atoms with van der Waals surface area (Å²) in [5, 5.41) is 14.1. The zero-order valence-corrected chi connectivity index (χ0v) is 13.1. The quantitative estimate of drug-likeness (QED) is 0.719. The van der Waals surface area contributed by atoms with Crippen LogP contribution in [0.1, 0.15) is 29.0 Å². The van der Waals surface area contributed by atoms with E-state index in [2.05, 4.69) is 43.4 Å². The van der Waals surface area contributed by atoms with E-state index in [1.165, 1.54) is 20.5 Å². The second-order valence-corrected chi connectivity index (χ2v) is 6.40. The minimum Gasteiger partial charge on any atom is -0.392 e. The Bertz CT molecular complexity index is 763. The highest BCUT2D eigenvalue weighted by Crippen LogP contribution is 2.35. The van der Waals surface area contributed by atoms with Crippen LogP contribution in [-0.2, 0) is 6.61 Å². The average molecular weight is 297 g/mol. The predicted molar refractivity (Wildman–Crippen MR) is 91.0 cm³/mol. The zero-order chi connectivity index (χ0) is 14.8. The van der Waals surface area contributed by atoms with Gasteiger partial charge in [-0.15, -0.1) is 11.3 Å². The minimum absolute atomic E-state index is 0.0752. The predicted octanol–water partition coefficient (Wildman–Crippen LogP) is 4.88. The number of fused-ring (bicyclic) bond motifs is 1. The van der Waals surface area contributed by atoms with Gasteiger partial charge in [0.2, 0.25) is 0 Å². The summed E-state index contributed by atoms with van der Waals surface area (Å²) in [6.45, 7) is 4.45. The summed E-state index contributed by atoms with van der Waals surface area (Å²) in [7, 11) is 0. The first-order valence-corrected chi connectivity index (χ1v) is 7.95. The van der Waals surface area contributed by atoms with Gasteiger partial charge >= 0.3 is 0 Å². The van der Waals surface area contributed by atoms with E-state index in [0.717, 1.165) is 11.3 Å². The van der Waals surface area contributed by atoms with Crippen molar-refractivity contribution in [3.63, 3.8) is 0 Å². The lowest BCUT2D eigenvalue weighted by atomic mass is 10.1. The lowest BCUT2D eigenvalue weighted by Crippen LogP contribution is -2.06. The number of hydrogen-bond donors (Lipinski definition) is 2. The van der Waals surface area contributed by atoms with E-state index >= 15 is 0 Å². The molecule has 3 heteroatoms. The molecule has 1 atom stereocenters. The smallest absolute Gasteiger partial charge is 0.0682 e. The first kappa shape index (κ1) is 14.1. The van der Waals surface area contributed by atoms with Crippen molar-refractivity contribution in [2.45, 2.75) is 26.5 Å². The second kappa shape index (κ2) is 5.88. The van der Waals surface area contributed by atoms with E-state index in [1.54, 1.807) is 0 Å². The van der Waals surface area contributed by atoms with Crippen molar-refractivity contribution in [1.82, 2.24) is 0 Å². The average Bonchev–Trinajstić information content (AvgIpc) is 2.85. The molecule has 1 heterocycles. The summed E-state index contributed by atoms with van der Waals surface area (Å²) in [5.74, 6) is 0. The van der Waals surface area contributed by atoms with Crippen LogP contribution in [0.4, 0.5) is 5.69 Å². The molecule has 3 rings (SSSR count). The van der Waals surface area contributed by atoms with E-state index < -0.39 is 0 Å². The summed E-state index contributed by atoms with van der Waals surface area (Å²) in [5.41, 5.74) is 3.33. The molecule has 2 aromatic carbocycles. The van der Waals surface area contributed by atoms with Crippen LogP contribution in [0.25, 0.3) is 10.1 Å². The largest absolute Gasteiger partial charge is 0.392 e. The van der Waals surface area contributed by atoms with Gasteiger partial charge in [0.15, 0.2) is 0 Å². The van der Waals surface area contributed by atoms with Gasteiger partial charge in [0.1, 0.15) is 0 Å². The molecule has 0 aliphatic carbocycles. The molecule has 0 spiro atoms. The lowest BCUT2D eigenvalue weighted by Gasteiger charge is -2.15. The van der Waals surface area contributed by atoms with Crippen LogP contribution in [0, 0.1) is 6.92 Å². The van der Waals surface area contributed by atoms with E-state index in [9.17, 15) is 5.11 Å². The Kier molecular flexibility index (Phi) is 3.95. The molecule has 0 radical (unpaired) electrons. The molecule has 0 bridgehead atoms. The summed E-state index contributed by atoms with van der Waals surface area (Å²) in [6, 6.07) is 16.7. The Morgan fingerprint density at radius 2 is 1.95 bits per heavy atom. The maximum atomic E-state index is 9.23. The molecule has 0 aliphatic heterocycles. The molecule has 0 saturated heterocycles. The first-order chi connectivity index (χ1) is 10.2. The molecule has 108 valence electrons. The standard InChI is InChI=1S/C18H19NOS/c1-12-16-8-3-4-9-17(16)21-18(12)13(2)19-15-7-5-6-14(10-15)11-20/h3-10,13,19-20H,11H2,1-2H3. The fraction of sp³-hybridized carbons (Fsp3) is 0.222. The van der Waals surface area contributed by atoms with Crippen molar-refractivity contribution >= 4 is 27.1 Å². The number of benzene rings is 2. The monoisotopic (exact) mass is 297 g/mol. The normalized spacial score (nSPS) is 12.5. The van der Waals surface area contributed by atoms with Gasteiger partial charge < -0.3 is 10.4 Å². The van der Waals surface area contributed by atoms with Gasteiger partial charge in [0, 0.05) is 15.3 Å². The van der Waals surface area contributed by atoms with Gasteiger partial charge in [-0.3, -0.25) is 0 Å². The van der Waals surface area contributed by atoms with Crippen molar-refractivity contribution in [1.29, 1.82) is 0 Å². The van der Waals surface area contributed by atoms with Crippen LogP contribution in [-0.4, -0.2) is 5.11 Å². The Morgan fingerprint density at radius 1 is 1.14 bits per heavy atom. The minimum atomic E-state index is 0.0752. The third kappa shape index (κ3) is 2.80. The molecule has 0 aliphatic rings. The van der Waals surface area contributed by atoms with Gasteiger partial charge in [0.05, 0.1) is 12.6 Å². The Morgan fingerprint density at radius 3 is 2.71 bits per heavy atom. The van der Waals surface area contributed by atoms with Crippen LogP contribution >= 0.6 is 11.3 Å². The Balaban J connectivity index is 1.89. The first-order valence-electron chi connectivity index (χ1n) is 7.13. The van der Waals surface area contributed by atoms with E-state index in [0.29, 0.717) is 0 Å². The number of hydrogen-bond acceptors (Lipinski definition) is 3.